The molecule has 3 aromatic rings. The van der Waals surface area contributed by atoms with E-state index in [9.17, 15) is 18.0 Å². The highest BCUT2D eigenvalue weighted by Gasteiger charge is 2.40. The second-order valence-electron chi connectivity index (χ2n) is 8.37. The summed E-state index contributed by atoms with van der Waals surface area (Å²) >= 11 is 3.41. The molecule has 1 atom stereocenters. The Morgan fingerprint density at radius 2 is 1.88 bits per heavy atom. The molecular weight excluding hydrogens is 483 g/mol. The first-order chi connectivity index (χ1) is 15.3. The number of halogens is 4. The molecule has 4 nitrogen and oxygen atoms in total. The molecule has 1 aliphatic carbocycles. The third-order valence-corrected chi connectivity index (χ3v) is 7.07. The summed E-state index contributed by atoms with van der Waals surface area (Å²) in [6.07, 6.45) is -0.891. The second-order valence-corrected chi connectivity index (χ2v) is 8.93. The van der Waals surface area contributed by atoms with Gasteiger partial charge in [-0.25, -0.2) is 0 Å². The Kier molecular flexibility index (Phi) is 5.15. The lowest BCUT2D eigenvalue weighted by Gasteiger charge is -2.35. The van der Waals surface area contributed by atoms with E-state index in [2.05, 4.69) is 33.2 Å². The van der Waals surface area contributed by atoms with Crippen LogP contribution in [0, 0.1) is 0 Å². The molecule has 1 aromatic heterocycles. The summed E-state index contributed by atoms with van der Waals surface area (Å²) in [6, 6.07) is 11.7. The Morgan fingerprint density at radius 3 is 2.62 bits per heavy atom. The van der Waals surface area contributed by atoms with Gasteiger partial charge in [-0.15, -0.1) is 0 Å². The van der Waals surface area contributed by atoms with Gasteiger partial charge >= 0.3 is 6.18 Å². The van der Waals surface area contributed by atoms with Crippen molar-refractivity contribution >= 4 is 21.8 Å². The zero-order valence-electron chi connectivity index (χ0n) is 17.4. The first kappa shape index (κ1) is 21.2. The maximum absolute atomic E-state index is 13.7. The van der Waals surface area contributed by atoms with E-state index in [1.165, 1.54) is 29.1 Å². The standard InChI is InChI=1S/C24H21BrF3N3O/c1-30-13-20(22(29-30)24(26,27)28)18-10-14(12-25)11-19-17(18)8-9-31(23(19)32)21-7-6-15-4-2-3-5-16(15)21/h2-5,10-11,13,21H,6-9,12H2,1H3. The van der Waals surface area contributed by atoms with Crippen LogP contribution in [0.1, 0.15) is 50.8 Å². The number of carbonyl (C=O) groups excluding carboxylic acids is 1. The van der Waals surface area contributed by atoms with E-state index in [0.29, 0.717) is 35.0 Å². The van der Waals surface area contributed by atoms with Gasteiger partial charge in [0.05, 0.1) is 6.04 Å². The predicted molar refractivity (Wildman–Crippen MR) is 119 cm³/mol. The molecule has 0 bridgehead atoms. The van der Waals surface area contributed by atoms with Crippen LogP contribution in [-0.2, 0) is 31.4 Å². The van der Waals surface area contributed by atoms with Gasteiger partial charge in [0, 0.05) is 36.2 Å². The predicted octanol–water partition coefficient (Wildman–Crippen LogP) is 5.69. The lowest BCUT2D eigenvalue weighted by Crippen LogP contribution is -2.40. The molecule has 0 N–H and O–H groups in total. The summed E-state index contributed by atoms with van der Waals surface area (Å²) in [6.45, 7) is 0.479. The third kappa shape index (κ3) is 3.45. The molecule has 2 aliphatic rings. The molecule has 0 saturated carbocycles. The van der Waals surface area contributed by atoms with Crippen molar-refractivity contribution in [2.75, 3.05) is 6.54 Å². The van der Waals surface area contributed by atoms with E-state index < -0.39 is 11.9 Å². The van der Waals surface area contributed by atoms with Crippen LogP contribution in [0.5, 0.6) is 0 Å². The highest BCUT2D eigenvalue weighted by molar-refractivity contribution is 9.08. The van der Waals surface area contributed by atoms with E-state index in [-0.39, 0.29) is 17.5 Å². The molecule has 0 radical (unpaired) electrons. The van der Waals surface area contributed by atoms with E-state index in [4.69, 9.17) is 0 Å². The fourth-order valence-electron chi connectivity index (χ4n) is 5.05. The van der Waals surface area contributed by atoms with Gasteiger partial charge in [0.1, 0.15) is 0 Å². The molecule has 2 aromatic carbocycles. The van der Waals surface area contributed by atoms with Gasteiger partial charge in [0.25, 0.3) is 5.91 Å². The first-order valence-corrected chi connectivity index (χ1v) is 11.6. The number of hydrogen-bond donors (Lipinski definition) is 0. The number of alkyl halides is 4. The molecule has 0 spiro atoms. The molecule has 2 heterocycles. The van der Waals surface area contributed by atoms with E-state index >= 15 is 0 Å². The number of nitrogens with zero attached hydrogens (tertiary/aromatic N) is 3. The largest absolute Gasteiger partial charge is 0.435 e. The number of amides is 1. The maximum Gasteiger partial charge on any atom is 0.435 e. The Bertz CT molecular complexity index is 1220. The molecule has 8 heteroatoms. The fourth-order valence-corrected chi connectivity index (χ4v) is 5.37. The molecule has 1 unspecified atom stereocenters. The number of aromatic nitrogens is 2. The number of rotatable bonds is 3. The van der Waals surface area contributed by atoms with Gasteiger partial charge in [0.15, 0.2) is 5.69 Å². The van der Waals surface area contributed by atoms with Crippen LogP contribution >= 0.6 is 15.9 Å². The minimum absolute atomic E-state index is 0.00653. The molecule has 0 saturated heterocycles. The normalized spacial score (nSPS) is 18.1. The summed E-state index contributed by atoms with van der Waals surface area (Å²) < 4.78 is 42.2. The second kappa shape index (κ2) is 7.76. The van der Waals surface area contributed by atoms with Gasteiger partial charge in [-0.2, -0.15) is 18.3 Å². The average Bonchev–Trinajstić information content (AvgIpc) is 3.37. The molecule has 5 rings (SSSR count). The summed E-state index contributed by atoms with van der Waals surface area (Å²) in [7, 11) is 1.48. The third-order valence-electron chi connectivity index (χ3n) is 6.42. The van der Waals surface area contributed by atoms with Crippen LogP contribution in [0.2, 0.25) is 0 Å². The Balaban J connectivity index is 1.61. The first-order valence-electron chi connectivity index (χ1n) is 10.5. The Morgan fingerprint density at radius 1 is 1.12 bits per heavy atom. The zero-order chi connectivity index (χ0) is 22.6. The highest BCUT2D eigenvalue weighted by Crippen LogP contribution is 2.42. The number of benzene rings is 2. The number of aryl methyl sites for hydroxylation is 2. The van der Waals surface area contributed by atoms with Crippen LogP contribution in [0.15, 0.2) is 42.6 Å². The van der Waals surface area contributed by atoms with Crippen molar-refractivity contribution in [1.29, 1.82) is 0 Å². The van der Waals surface area contributed by atoms with Crippen molar-refractivity contribution < 1.29 is 18.0 Å². The van der Waals surface area contributed by atoms with Gasteiger partial charge in [-0.3, -0.25) is 9.48 Å². The summed E-state index contributed by atoms with van der Waals surface area (Å²) in [4.78, 5) is 15.5. The summed E-state index contributed by atoms with van der Waals surface area (Å²) in [5.41, 5.74) is 3.89. The van der Waals surface area contributed by atoms with Crippen molar-refractivity contribution in [3.05, 3.63) is 76.1 Å². The van der Waals surface area contributed by atoms with Crippen molar-refractivity contribution in [2.45, 2.75) is 36.8 Å². The van der Waals surface area contributed by atoms with E-state index in [1.807, 2.05) is 23.1 Å². The minimum atomic E-state index is -4.58. The number of hydrogen-bond acceptors (Lipinski definition) is 2. The minimum Gasteiger partial charge on any atom is -0.331 e. The van der Waals surface area contributed by atoms with Crippen molar-refractivity contribution in [1.82, 2.24) is 14.7 Å². The van der Waals surface area contributed by atoms with E-state index in [1.54, 1.807) is 6.07 Å². The topological polar surface area (TPSA) is 38.1 Å². The van der Waals surface area contributed by atoms with Crippen molar-refractivity contribution in [3.8, 4) is 11.1 Å². The highest BCUT2D eigenvalue weighted by atomic mass is 79.9. The fraction of sp³-hybridized carbons (Fsp3) is 0.333. The molecule has 1 aliphatic heterocycles. The number of fused-ring (bicyclic) bond motifs is 2. The summed E-state index contributed by atoms with van der Waals surface area (Å²) in [5.74, 6) is -0.116. The SMILES string of the molecule is Cn1cc(-c2cc(CBr)cc3c2CCN(C2CCc4ccccc42)C3=O)c(C(F)(F)F)n1. The Hall–Kier alpha value is -2.61. The lowest BCUT2D eigenvalue weighted by molar-refractivity contribution is -0.140. The van der Waals surface area contributed by atoms with Gasteiger partial charge < -0.3 is 4.90 Å². The monoisotopic (exact) mass is 503 g/mol. The summed E-state index contributed by atoms with van der Waals surface area (Å²) in [5, 5.41) is 4.11. The maximum atomic E-state index is 13.7. The molecule has 0 fully saturated rings. The van der Waals surface area contributed by atoms with Gasteiger partial charge in [-0.05, 0) is 59.2 Å². The zero-order valence-corrected chi connectivity index (χ0v) is 19.0. The average molecular weight is 504 g/mol. The van der Waals surface area contributed by atoms with Crippen molar-refractivity contribution in [2.24, 2.45) is 7.05 Å². The smallest absolute Gasteiger partial charge is 0.331 e. The lowest BCUT2D eigenvalue weighted by atomic mass is 9.87. The van der Waals surface area contributed by atoms with Crippen LogP contribution < -0.4 is 0 Å². The van der Waals surface area contributed by atoms with Crippen LogP contribution in [0.3, 0.4) is 0 Å². The van der Waals surface area contributed by atoms with Crippen molar-refractivity contribution in [3.63, 3.8) is 0 Å². The number of carbonyl (C=O) groups is 1. The molecule has 32 heavy (non-hydrogen) atoms. The van der Waals surface area contributed by atoms with Crippen LogP contribution in [0.4, 0.5) is 13.2 Å². The van der Waals surface area contributed by atoms with Crippen LogP contribution in [0.25, 0.3) is 11.1 Å². The van der Waals surface area contributed by atoms with E-state index in [0.717, 1.165) is 18.4 Å². The quantitative estimate of drug-likeness (QED) is 0.430. The molecular formula is C24H21BrF3N3O. The van der Waals surface area contributed by atoms with Crippen LogP contribution in [-0.4, -0.2) is 27.1 Å². The molecule has 166 valence electrons. The Labute approximate surface area is 192 Å². The van der Waals surface area contributed by atoms with Gasteiger partial charge in [0.2, 0.25) is 0 Å². The molecule has 1 amide bonds. The van der Waals surface area contributed by atoms with Gasteiger partial charge in [-0.1, -0.05) is 40.2 Å².